The minimum atomic E-state index is -0.542. The molecule has 0 aliphatic carbocycles. The second-order valence-electron chi connectivity index (χ2n) is 9.91. The zero-order valence-corrected chi connectivity index (χ0v) is 21.7. The van der Waals surface area contributed by atoms with E-state index < -0.39 is 5.82 Å². The van der Waals surface area contributed by atoms with E-state index in [1.165, 1.54) is 18.5 Å². The van der Waals surface area contributed by atoms with Crippen molar-refractivity contribution in [2.24, 2.45) is 0 Å². The zero-order chi connectivity index (χ0) is 27.1. The van der Waals surface area contributed by atoms with Gasteiger partial charge in [0.05, 0.1) is 5.39 Å². The van der Waals surface area contributed by atoms with Crippen molar-refractivity contribution < 1.29 is 13.9 Å². The zero-order valence-electron chi connectivity index (χ0n) is 21.7. The summed E-state index contributed by atoms with van der Waals surface area (Å²) in [5.41, 5.74) is 10.3. The number of amides is 1. The average Bonchev–Trinajstić information content (AvgIpc) is 3.29. The van der Waals surface area contributed by atoms with Crippen molar-refractivity contribution in [2.45, 2.75) is 38.9 Å². The minimum Gasteiger partial charge on any atom is -0.421 e. The molecule has 200 valence electrons. The van der Waals surface area contributed by atoms with Crippen molar-refractivity contribution in [2.75, 3.05) is 25.4 Å². The highest BCUT2D eigenvalue weighted by atomic mass is 19.1. The van der Waals surface area contributed by atoms with E-state index in [0.717, 1.165) is 48.5 Å². The number of fused-ring (bicyclic) bond motifs is 3. The van der Waals surface area contributed by atoms with Gasteiger partial charge >= 0.3 is 6.01 Å². The monoisotopic (exact) mass is 528 g/mol. The van der Waals surface area contributed by atoms with Crippen molar-refractivity contribution in [1.29, 1.82) is 0 Å². The highest BCUT2D eigenvalue weighted by Crippen LogP contribution is 2.40. The molecule has 1 unspecified atom stereocenters. The van der Waals surface area contributed by atoms with Gasteiger partial charge in [0.2, 0.25) is 5.91 Å². The van der Waals surface area contributed by atoms with Gasteiger partial charge in [-0.25, -0.2) is 24.3 Å². The topological polar surface area (TPSA) is 115 Å². The summed E-state index contributed by atoms with van der Waals surface area (Å²) in [5.74, 6) is -0.206. The molecule has 0 saturated carbocycles. The van der Waals surface area contributed by atoms with Gasteiger partial charge in [-0.2, -0.15) is 0 Å². The number of nitrogen functional groups attached to an aromatic ring is 1. The number of ether oxygens (including phenoxy) is 1. The van der Waals surface area contributed by atoms with Crippen LogP contribution in [0.4, 0.5) is 10.2 Å². The molecule has 0 spiro atoms. The maximum Gasteiger partial charge on any atom is 0.322 e. The molecule has 1 saturated heterocycles. The van der Waals surface area contributed by atoms with Crippen LogP contribution in [0.1, 0.15) is 24.2 Å². The van der Waals surface area contributed by atoms with E-state index in [2.05, 4.69) is 36.0 Å². The van der Waals surface area contributed by atoms with E-state index in [1.807, 2.05) is 11.8 Å². The van der Waals surface area contributed by atoms with Crippen molar-refractivity contribution in [3.8, 4) is 22.9 Å². The molecule has 2 aliphatic heterocycles. The molecule has 11 heteroatoms. The molecule has 1 fully saturated rings. The number of nitrogens with zero attached hydrogens (tertiary/aromatic N) is 7. The Kier molecular flexibility index (Phi) is 6.43. The van der Waals surface area contributed by atoms with E-state index in [1.54, 1.807) is 24.4 Å². The lowest BCUT2D eigenvalue weighted by atomic mass is 9.99. The van der Waals surface area contributed by atoms with Gasteiger partial charge in [0.1, 0.15) is 17.8 Å². The van der Waals surface area contributed by atoms with E-state index in [-0.39, 0.29) is 23.7 Å². The number of aryl methyl sites for hydroxylation is 1. The van der Waals surface area contributed by atoms with Crippen molar-refractivity contribution in [1.82, 2.24) is 34.3 Å². The van der Waals surface area contributed by atoms with Crippen molar-refractivity contribution >= 4 is 22.8 Å². The number of hydrogen-bond acceptors (Lipinski definition) is 8. The number of halogens is 1. The summed E-state index contributed by atoms with van der Waals surface area (Å²) in [6, 6.07) is 6.86. The number of hydrogen-bond donors (Lipinski definition) is 1. The van der Waals surface area contributed by atoms with Gasteiger partial charge in [0, 0.05) is 61.9 Å². The number of likely N-dealkylation sites (tertiary alicyclic amines) is 1. The Hall–Kier alpha value is -4.38. The van der Waals surface area contributed by atoms with Gasteiger partial charge in [0.25, 0.3) is 0 Å². The molecular formula is C28H29FN8O2. The van der Waals surface area contributed by atoms with Crippen LogP contribution in [-0.4, -0.2) is 65.9 Å². The molecule has 4 aromatic rings. The van der Waals surface area contributed by atoms with Crippen LogP contribution in [0, 0.1) is 12.7 Å². The smallest absolute Gasteiger partial charge is 0.322 e. The quantitative estimate of drug-likeness (QED) is 0.390. The second kappa shape index (κ2) is 10.1. The Labute approximate surface area is 225 Å². The van der Waals surface area contributed by atoms with Gasteiger partial charge < -0.3 is 19.9 Å². The number of piperidine rings is 1. The summed E-state index contributed by atoms with van der Waals surface area (Å²) in [6.07, 6.45) is 6.34. The fourth-order valence-electron chi connectivity index (χ4n) is 5.66. The third-order valence-corrected chi connectivity index (χ3v) is 7.53. The maximum absolute atomic E-state index is 15.4. The molecule has 1 amide bonds. The average molecular weight is 529 g/mol. The first-order valence-electron chi connectivity index (χ1n) is 13.0. The number of aromatic nitrogens is 5. The molecule has 1 aromatic carbocycles. The number of rotatable bonds is 5. The molecule has 1 atom stereocenters. The first-order chi connectivity index (χ1) is 18.9. The molecule has 5 heterocycles. The molecule has 2 N–H and O–H groups in total. The summed E-state index contributed by atoms with van der Waals surface area (Å²) in [5, 5.41) is 0.705. The molecule has 10 nitrogen and oxygen atoms in total. The van der Waals surface area contributed by atoms with Crippen molar-refractivity contribution in [3.63, 3.8) is 0 Å². The summed E-state index contributed by atoms with van der Waals surface area (Å²) >= 11 is 0. The first-order valence-corrected chi connectivity index (χ1v) is 13.0. The maximum atomic E-state index is 15.4. The van der Waals surface area contributed by atoms with Gasteiger partial charge in [-0.15, -0.1) is 0 Å². The van der Waals surface area contributed by atoms with Crippen LogP contribution < -0.4 is 10.5 Å². The molecule has 0 radical (unpaired) electrons. The van der Waals surface area contributed by atoms with E-state index in [4.69, 9.17) is 10.5 Å². The highest BCUT2D eigenvalue weighted by molar-refractivity contribution is 6.02. The van der Waals surface area contributed by atoms with E-state index in [9.17, 15) is 4.79 Å². The Morgan fingerprint density at radius 2 is 2.08 bits per heavy atom. The Morgan fingerprint density at radius 1 is 1.21 bits per heavy atom. The van der Waals surface area contributed by atoms with Crippen LogP contribution in [0.25, 0.3) is 22.2 Å². The number of nitrogens with two attached hydrogens (primary N) is 1. The van der Waals surface area contributed by atoms with E-state index >= 15 is 4.39 Å². The highest BCUT2D eigenvalue weighted by Gasteiger charge is 2.33. The fraction of sp³-hybridized carbons (Fsp3) is 0.321. The number of carbonyl (C=O) groups excluding carboxylic acids is 1. The van der Waals surface area contributed by atoms with Crippen LogP contribution in [0.2, 0.25) is 0 Å². The SMILES string of the molecule is C=CC(=O)N1CCCC(N2CCn3c(c(-c4ccc(Oc5nccc(C)n5)c(F)c4)c4c(N)ncnc43)C2)C1. The van der Waals surface area contributed by atoms with Crippen LogP contribution in [-0.2, 0) is 17.9 Å². The molecular weight excluding hydrogens is 499 g/mol. The molecule has 0 bridgehead atoms. The Bertz CT molecular complexity index is 1590. The van der Waals surface area contributed by atoms with E-state index in [0.29, 0.717) is 36.4 Å². The Morgan fingerprint density at radius 3 is 2.87 bits per heavy atom. The predicted molar refractivity (Wildman–Crippen MR) is 144 cm³/mol. The third kappa shape index (κ3) is 4.59. The summed E-state index contributed by atoms with van der Waals surface area (Å²) < 4.78 is 23.1. The molecule has 39 heavy (non-hydrogen) atoms. The molecule has 6 rings (SSSR count). The van der Waals surface area contributed by atoms with Crippen LogP contribution >= 0.6 is 0 Å². The lowest BCUT2D eigenvalue weighted by Crippen LogP contribution is -2.51. The normalized spacial score (nSPS) is 17.7. The lowest BCUT2D eigenvalue weighted by molar-refractivity contribution is -0.128. The van der Waals surface area contributed by atoms with Gasteiger partial charge in [-0.05, 0) is 49.6 Å². The standard InChI is InChI=1S/C28H29FN8O2/c1-3-23(38)36-10-4-5-19(14-36)35-11-12-37-21(15-35)24(25-26(30)32-16-33-27(25)37)18-6-7-22(20(29)13-18)39-28-31-9-8-17(2)34-28/h3,6-9,13,16,19H,1,4-5,10-12,14-15H2,2H3,(H2,30,32,33). The van der Waals surface area contributed by atoms with Crippen LogP contribution in [0.3, 0.4) is 0 Å². The minimum absolute atomic E-state index is 0.0294. The van der Waals surface area contributed by atoms with Crippen LogP contribution in [0.5, 0.6) is 11.8 Å². The summed E-state index contributed by atoms with van der Waals surface area (Å²) in [6.45, 7) is 8.97. The Balaban J connectivity index is 1.37. The summed E-state index contributed by atoms with van der Waals surface area (Å²) in [4.78, 5) is 33.6. The first kappa shape index (κ1) is 24.9. The molecule has 2 aliphatic rings. The predicted octanol–water partition coefficient (Wildman–Crippen LogP) is 3.70. The molecule has 3 aromatic heterocycles. The lowest BCUT2D eigenvalue weighted by Gasteiger charge is -2.41. The van der Waals surface area contributed by atoms with Gasteiger partial charge in [-0.3, -0.25) is 9.69 Å². The van der Waals surface area contributed by atoms with Gasteiger partial charge in [-0.1, -0.05) is 12.6 Å². The van der Waals surface area contributed by atoms with Crippen molar-refractivity contribution in [3.05, 3.63) is 66.6 Å². The largest absolute Gasteiger partial charge is 0.421 e. The van der Waals surface area contributed by atoms with Gasteiger partial charge in [0.15, 0.2) is 11.6 Å². The van der Waals surface area contributed by atoms with Crippen LogP contribution in [0.15, 0.2) is 49.4 Å². The summed E-state index contributed by atoms with van der Waals surface area (Å²) in [7, 11) is 0. The number of anilines is 1. The third-order valence-electron chi connectivity index (χ3n) is 7.53. The fourth-order valence-corrected chi connectivity index (χ4v) is 5.66. The number of carbonyl (C=O) groups is 1. The number of benzene rings is 1. The second-order valence-corrected chi connectivity index (χ2v) is 9.91.